The van der Waals surface area contributed by atoms with Gasteiger partial charge in [-0.1, -0.05) is 29.8 Å². The Kier molecular flexibility index (Phi) is 4.76. The SMILES string of the molecule is COC(=O)c1ccccc1N[C@@H]1SC(=O)N(c2ccc(C)cc2)C1=O. The molecule has 2 aromatic rings. The van der Waals surface area contributed by atoms with Crippen LogP contribution in [0.1, 0.15) is 15.9 Å². The summed E-state index contributed by atoms with van der Waals surface area (Å²) in [6.45, 7) is 1.93. The van der Waals surface area contributed by atoms with Crippen LogP contribution in [-0.4, -0.2) is 29.6 Å². The van der Waals surface area contributed by atoms with Crippen LogP contribution in [0.4, 0.5) is 16.2 Å². The van der Waals surface area contributed by atoms with Gasteiger partial charge >= 0.3 is 5.97 Å². The van der Waals surface area contributed by atoms with Crippen LogP contribution in [-0.2, 0) is 9.53 Å². The van der Waals surface area contributed by atoms with Gasteiger partial charge in [0.15, 0.2) is 5.37 Å². The lowest BCUT2D eigenvalue weighted by atomic mass is 10.2. The molecule has 0 radical (unpaired) electrons. The topological polar surface area (TPSA) is 75.7 Å². The second kappa shape index (κ2) is 6.98. The smallest absolute Gasteiger partial charge is 0.339 e. The molecule has 7 heteroatoms. The Morgan fingerprint density at radius 2 is 1.80 bits per heavy atom. The number of thioether (sulfide) groups is 1. The molecular weight excluding hydrogens is 340 g/mol. The van der Waals surface area contributed by atoms with Crippen molar-refractivity contribution in [1.29, 1.82) is 0 Å². The number of anilines is 2. The Bertz CT molecular complexity index is 835. The third-order valence-electron chi connectivity index (χ3n) is 3.76. The van der Waals surface area contributed by atoms with Crippen LogP contribution in [0.3, 0.4) is 0 Å². The molecular formula is C18H16N2O4S. The Labute approximate surface area is 149 Å². The van der Waals surface area contributed by atoms with Crippen LogP contribution < -0.4 is 10.2 Å². The van der Waals surface area contributed by atoms with Gasteiger partial charge in [-0.3, -0.25) is 9.59 Å². The highest BCUT2D eigenvalue weighted by atomic mass is 32.2. The highest BCUT2D eigenvalue weighted by molar-refractivity contribution is 8.16. The minimum absolute atomic E-state index is 0.305. The first-order valence-corrected chi connectivity index (χ1v) is 8.44. The van der Waals surface area contributed by atoms with E-state index in [1.165, 1.54) is 7.11 Å². The van der Waals surface area contributed by atoms with Crippen molar-refractivity contribution in [2.24, 2.45) is 0 Å². The van der Waals surface area contributed by atoms with E-state index < -0.39 is 11.3 Å². The maximum Gasteiger partial charge on any atom is 0.339 e. The van der Waals surface area contributed by atoms with Gasteiger partial charge in [0.25, 0.3) is 11.1 Å². The molecule has 0 aromatic heterocycles. The molecule has 3 rings (SSSR count). The number of benzene rings is 2. The molecule has 1 aliphatic rings. The molecule has 0 bridgehead atoms. The fourth-order valence-electron chi connectivity index (χ4n) is 2.47. The first kappa shape index (κ1) is 17.0. The number of nitrogens with zero attached hydrogens (tertiary/aromatic N) is 1. The number of para-hydroxylation sites is 1. The van der Waals surface area contributed by atoms with Gasteiger partial charge < -0.3 is 10.1 Å². The van der Waals surface area contributed by atoms with Crippen molar-refractivity contribution in [3.63, 3.8) is 0 Å². The van der Waals surface area contributed by atoms with E-state index in [9.17, 15) is 14.4 Å². The van der Waals surface area contributed by atoms with Gasteiger partial charge in [0.05, 0.1) is 18.4 Å². The Hall–Kier alpha value is -2.80. The zero-order valence-corrected chi connectivity index (χ0v) is 14.5. The molecule has 6 nitrogen and oxygen atoms in total. The number of esters is 1. The summed E-state index contributed by atoms with van der Waals surface area (Å²) >= 11 is 0.878. The summed E-state index contributed by atoms with van der Waals surface area (Å²) in [5.41, 5.74) is 2.31. The van der Waals surface area contributed by atoms with Crippen molar-refractivity contribution < 1.29 is 19.1 Å². The molecule has 0 saturated carbocycles. The van der Waals surface area contributed by atoms with Gasteiger partial charge in [0.2, 0.25) is 0 Å². The van der Waals surface area contributed by atoms with E-state index in [0.717, 1.165) is 22.2 Å². The first-order chi connectivity index (χ1) is 12.0. The van der Waals surface area contributed by atoms with Crippen LogP contribution in [0.2, 0.25) is 0 Å². The normalized spacial score (nSPS) is 16.9. The second-order valence-corrected chi connectivity index (χ2v) is 6.51. The molecule has 1 saturated heterocycles. The summed E-state index contributed by atoms with van der Waals surface area (Å²) in [5, 5.41) is 1.80. The predicted octanol–water partition coefficient (Wildman–Crippen LogP) is 3.42. The molecule has 2 amide bonds. The molecule has 25 heavy (non-hydrogen) atoms. The number of rotatable bonds is 4. The summed E-state index contributed by atoms with van der Waals surface area (Å²) in [4.78, 5) is 37.9. The van der Waals surface area contributed by atoms with Gasteiger partial charge in [-0.05, 0) is 43.0 Å². The summed E-state index contributed by atoms with van der Waals surface area (Å²) < 4.78 is 4.74. The number of aryl methyl sites for hydroxylation is 1. The largest absolute Gasteiger partial charge is 0.465 e. The zero-order chi connectivity index (χ0) is 18.0. The molecule has 1 aliphatic heterocycles. The number of amides is 2. The Morgan fingerprint density at radius 3 is 2.48 bits per heavy atom. The van der Waals surface area contributed by atoms with E-state index in [0.29, 0.717) is 16.9 Å². The number of imide groups is 1. The average molecular weight is 356 g/mol. The maximum absolute atomic E-state index is 12.7. The van der Waals surface area contributed by atoms with Crippen molar-refractivity contribution in [2.45, 2.75) is 12.3 Å². The molecule has 1 fully saturated rings. The third kappa shape index (κ3) is 3.36. The molecule has 1 heterocycles. The molecule has 0 unspecified atom stereocenters. The van der Waals surface area contributed by atoms with Crippen molar-refractivity contribution >= 4 is 40.3 Å². The number of nitrogens with one attached hydrogen (secondary N) is 1. The lowest BCUT2D eigenvalue weighted by molar-refractivity contribution is -0.116. The number of carbonyl (C=O) groups excluding carboxylic acids is 3. The summed E-state index contributed by atoms with van der Waals surface area (Å²) in [5.74, 6) is -0.890. The molecule has 0 spiro atoms. The van der Waals surface area contributed by atoms with E-state index in [4.69, 9.17) is 4.74 Å². The number of carbonyl (C=O) groups is 3. The lowest BCUT2D eigenvalue weighted by Gasteiger charge is -2.16. The van der Waals surface area contributed by atoms with Gasteiger partial charge in [0.1, 0.15) is 0 Å². The highest BCUT2D eigenvalue weighted by Gasteiger charge is 2.41. The van der Waals surface area contributed by atoms with Gasteiger partial charge in [-0.15, -0.1) is 0 Å². The Morgan fingerprint density at radius 1 is 1.12 bits per heavy atom. The number of hydrogen-bond donors (Lipinski definition) is 1. The maximum atomic E-state index is 12.7. The number of hydrogen-bond acceptors (Lipinski definition) is 6. The van der Waals surface area contributed by atoms with Crippen molar-refractivity contribution in [2.75, 3.05) is 17.3 Å². The summed E-state index contributed by atoms with van der Waals surface area (Å²) in [7, 11) is 1.29. The van der Waals surface area contributed by atoms with Crippen LogP contribution in [0.25, 0.3) is 0 Å². The van der Waals surface area contributed by atoms with Crippen molar-refractivity contribution in [3.8, 4) is 0 Å². The van der Waals surface area contributed by atoms with Gasteiger partial charge in [-0.2, -0.15) is 0 Å². The molecule has 128 valence electrons. The minimum atomic E-state index is -0.806. The van der Waals surface area contributed by atoms with Gasteiger partial charge in [0, 0.05) is 5.69 Å². The standard InChI is InChI=1S/C18H16N2O4S/c1-11-7-9-12(10-8-11)20-16(21)15(25-18(20)23)19-14-6-4-3-5-13(14)17(22)24-2/h3-10,15,19H,1-2H3/t15-/m1/s1. The highest BCUT2D eigenvalue weighted by Crippen LogP contribution is 2.33. The third-order valence-corrected chi connectivity index (χ3v) is 4.70. The van der Waals surface area contributed by atoms with E-state index in [-0.39, 0.29) is 11.1 Å². The quantitative estimate of drug-likeness (QED) is 0.846. The fraction of sp³-hybridized carbons (Fsp3) is 0.167. The molecule has 0 aliphatic carbocycles. The average Bonchev–Trinajstić information content (AvgIpc) is 2.89. The number of methoxy groups -OCH3 is 1. The Balaban J connectivity index is 1.84. The number of ether oxygens (including phenoxy) is 1. The van der Waals surface area contributed by atoms with E-state index in [1.54, 1.807) is 36.4 Å². The van der Waals surface area contributed by atoms with E-state index in [1.807, 2.05) is 19.1 Å². The fourth-order valence-corrected chi connectivity index (χ4v) is 3.36. The molecule has 1 N–H and O–H groups in total. The molecule has 1 atom stereocenters. The summed E-state index contributed by atoms with van der Waals surface area (Å²) in [6, 6.07) is 13.8. The monoisotopic (exact) mass is 356 g/mol. The van der Waals surface area contributed by atoms with E-state index >= 15 is 0 Å². The van der Waals surface area contributed by atoms with E-state index in [2.05, 4.69) is 5.32 Å². The summed E-state index contributed by atoms with van der Waals surface area (Å²) in [6.07, 6.45) is 0. The zero-order valence-electron chi connectivity index (χ0n) is 13.7. The minimum Gasteiger partial charge on any atom is -0.465 e. The first-order valence-electron chi connectivity index (χ1n) is 7.56. The molecule has 2 aromatic carbocycles. The van der Waals surface area contributed by atoms with Crippen LogP contribution in [0.5, 0.6) is 0 Å². The van der Waals surface area contributed by atoms with Crippen LogP contribution >= 0.6 is 11.8 Å². The van der Waals surface area contributed by atoms with Crippen molar-refractivity contribution in [1.82, 2.24) is 0 Å². The predicted molar refractivity (Wildman–Crippen MR) is 96.8 cm³/mol. The van der Waals surface area contributed by atoms with Crippen LogP contribution in [0, 0.1) is 6.92 Å². The second-order valence-electron chi connectivity index (χ2n) is 5.45. The van der Waals surface area contributed by atoms with Crippen molar-refractivity contribution in [3.05, 3.63) is 59.7 Å². The van der Waals surface area contributed by atoms with Gasteiger partial charge in [-0.25, -0.2) is 9.69 Å². The van der Waals surface area contributed by atoms with Crippen LogP contribution in [0.15, 0.2) is 48.5 Å². The lowest BCUT2D eigenvalue weighted by Crippen LogP contribution is -2.34.